The van der Waals surface area contributed by atoms with Gasteiger partial charge in [-0.2, -0.15) is 0 Å². The number of ether oxygens (including phenoxy) is 9. The summed E-state index contributed by atoms with van der Waals surface area (Å²) in [5.41, 5.74) is 22.8. The molecule has 6 amide bonds. The van der Waals surface area contributed by atoms with Crippen molar-refractivity contribution < 1.29 is 71.4 Å². The van der Waals surface area contributed by atoms with Crippen LogP contribution in [-0.4, -0.2) is 154 Å². The Morgan fingerprint density at radius 1 is 0.458 bits per heavy atom. The van der Waals surface area contributed by atoms with E-state index in [0.29, 0.717) is 16.9 Å². The van der Waals surface area contributed by atoms with Crippen LogP contribution in [0.5, 0.6) is 17.2 Å². The van der Waals surface area contributed by atoms with E-state index in [-0.39, 0.29) is 136 Å². The molecule has 1 atom stereocenters. The van der Waals surface area contributed by atoms with Gasteiger partial charge in [0.1, 0.15) is 37.1 Å². The Morgan fingerprint density at radius 3 is 1.25 bits per heavy atom. The summed E-state index contributed by atoms with van der Waals surface area (Å²) < 4.78 is 48.1. The number of amides is 6. The van der Waals surface area contributed by atoms with Crippen molar-refractivity contribution in [2.75, 3.05) is 119 Å². The highest BCUT2D eigenvalue weighted by Crippen LogP contribution is 2.32. The van der Waals surface area contributed by atoms with Crippen molar-refractivity contribution in [2.45, 2.75) is 6.04 Å². The van der Waals surface area contributed by atoms with Crippen LogP contribution < -0.4 is 53.1 Å². The maximum absolute atomic E-state index is 12.6. The van der Waals surface area contributed by atoms with Gasteiger partial charge in [0.15, 0.2) is 19.8 Å². The molecule has 0 saturated heterocycles. The molecular formula is C37H55N7O15. The average molecular weight is 838 g/mol. The van der Waals surface area contributed by atoms with Gasteiger partial charge in [-0.05, 0) is 29.8 Å². The van der Waals surface area contributed by atoms with Crippen LogP contribution in [0.15, 0.2) is 42.5 Å². The maximum Gasteiger partial charge on any atom is 0.258 e. The minimum atomic E-state index is -0.740. The number of benzene rings is 2. The molecule has 0 radical (unpaired) electrons. The topological polar surface area (TPSA) is 326 Å². The number of nitrogens with two attached hydrogens (primary N) is 4. The Balaban J connectivity index is 1.92. The molecule has 0 fully saturated rings. The molecule has 0 saturated carbocycles. The van der Waals surface area contributed by atoms with Gasteiger partial charge in [-0.15, -0.1) is 0 Å². The highest BCUT2D eigenvalue weighted by molar-refractivity contribution is 5.78. The van der Waals surface area contributed by atoms with Crippen LogP contribution in [0.4, 0.5) is 0 Å². The molecule has 2 aromatic rings. The Kier molecular flexibility index (Phi) is 25.6. The zero-order chi connectivity index (χ0) is 43.1. The summed E-state index contributed by atoms with van der Waals surface area (Å²) in [7, 11) is 0. The fourth-order valence-corrected chi connectivity index (χ4v) is 4.50. The lowest BCUT2D eigenvalue weighted by Gasteiger charge is -2.19. The molecule has 0 heterocycles. The van der Waals surface area contributed by atoms with Gasteiger partial charge in [0.25, 0.3) is 17.7 Å². The van der Waals surface area contributed by atoms with E-state index in [1.54, 1.807) is 36.4 Å². The van der Waals surface area contributed by atoms with Crippen LogP contribution in [0.2, 0.25) is 0 Å². The molecule has 59 heavy (non-hydrogen) atoms. The second-order valence-electron chi connectivity index (χ2n) is 12.1. The van der Waals surface area contributed by atoms with Crippen molar-refractivity contribution in [3.05, 3.63) is 53.6 Å². The van der Waals surface area contributed by atoms with Crippen LogP contribution in [0.1, 0.15) is 17.2 Å². The lowest BCUT2D eigenvalue weighted by molar-refractivity contribution is -0.124. The number of carbonyl (C=O) groups excluding carboxylic acids is 6. The SMILES string of the molecule is NC(=O)COCCOCCNC(=O)COc1ccc(C(N)c2ccc(OCC(=O)NCCOCCOCC(N)=O)cc2OCC(=O)NCCOCCOCC(N)=O)cc1. The summed E-state index contributed by atoms with van der Waals surface area (Å²) in [6, 6.07) is 10.8. The molecule has 1 unspecified atom stereocenters. The fraction of sp³-hybridized carbons (Fsp3) is 0.514. The molecule has 0 spiro atoms. The minimum absolute atomic E-state index is 0.165. The Labute approximate surface area is 341 Å². The van der Waals surface area contributed by atoms with Gasteiger partial charge in [-0.3, -0.25) is 28.8 Å². The van der Waals surface area contributed by atoms with E-state index >= 15 is 0 Å². The summed E-state index contributed by atoms with van der Waals surface area (Å²) in [6.07, 6.45) is 0. The van der Waals surface area contributed by atoms with E-state index in [1.165, 1.54) is 6.07 Å². The smallest absolute Gasteiger partial charge is 0.258 e. The summed E-state index contributed by atoms with van der Waals surface area (Å²) >= 11 is 0. The number of carbonyl (C=O) groups is 6. The molecule has 2 aromatic carbocycles. The van der Waals surface area contributed by atoms with Crippen LogP contribution in [0.25, 0.3) is 0 Å². The molecule has 0 bridgehead atoms. The number of hydrogen-bond donors (Lipinski definition) is 7. The Morgan fingerprint density at radius 2 is 0.831 bits per heavy atom. The van der Waals surface area contributed by atoms with Crippen molar-refractivity contribution in [3.63, 3.8) is 0 Å². The van der Waals surface area contributed by atoms with Crippen LogP contribution >= 0.6 is 0 Å². The summed E-state index contributed by atoms with van der Waals surface area (Å²) in [5, 5.41) is 7.99. The van der Waals surface area contributed by atoms with E-state index in [2.05, 4.69) is 16.0 Å². The normalized spacial score (nSPS) is 11.3. The third kappa shape index (κ3) is 24.7. The van der Waals surface area contributed by atoms with Gasteiger partial charge in [0.05, 0.1) is 65.5 Å². The quantitative estimate of drug-likeness (QED) is 0.0336. The molecule has 328 valence electrons. The zero-order valence-corrected chi connectivity index (χ0v) is 32.8. The Bertz CT molecular complexity index is 1580. The molecule has 11 N–H and O–H groups in total. The molecular weight excluding hydrogens is 782 g/mol. The first-order chi connectivity index (χ1) is 28.4. The molecule has 0 aliphatic carbocycles. The molecule has 0 aliphatic rings. The summed E-state index contributed by atoms with van der Waals surface area (Å²) in [6.45, 7) is 0.881. The average Bonchev–Trinajstić information content (AvgIpc) is 3.21. The second kappa shape index (κ2) is 30.5. The lowest BCUT2D eigenvalue weighted by Crippen LogP contribution is -2.32. The number of hydrogen-bond acceptors (Lipinski definition) is 16. The van der Waals surface area contributed by atoms with E-state index < -0.39 is 35.6 Å². The van der Waals surface area contributed by atoms with Gasteiger partial charge in [0, 0.05) is 31.3 Å². The monoisotopic (exact) mass is 837 g/mol. The van der Waals surface area contributed by atoms with E-state index in [9.17, 15) is 28.8 Å². The predicted octanol–water partition coefficient (Wildman–Crippen LogP) is -3.22. The zero-order valence-electron chi connectivity index (χ0n) is 32.8. The number of primary amides is 3. The van der Waals surface area contributed by atoms with Crippen LogP contribution in [0, 0.1) is 0 Å². The first-order valence-corrected chi connectivity index (χ1v) is 18.4. The molecule has 22 heteroatoms. The van der Waals surface area contributed by atoms with Gasteiger partial charge in [-0.25, -0.2) is 0 Å². The van der Waals surface area contributed by atoms with Crippen LogP contribution in [0.3, 0.4) is 0 Å². The number of nitrogens with one attached hydrogen (secondary N) is 3. The largest absolute Gasteiger partial charge is 0.484 e. The van der Waals surface area contributed by atoms with Crippen molar-refractivity contribution >= 4 is 35.4 Å². The highest BCUT2D eigenvalue weighted by atomic mass is 16.5. The predicted molar refractivity (Wildman–Crippen MR) is 207 cm³/mol. The molecule has 22 nitrogen and oxygen atoms in total. The fourth-order valence-electron chi connectivity index (χ4n) is 4.50. The van der Waals surface area contributed by atoms with Crippen molar-refractivity contribution in [3.8, 4) is 17.2 Å². The van der Waals surface area contributed by atoms with Gasteiger partial charge >= 0.3 is 0 Å². The lowest BCUT2D eigenvalue weighted by atomic mass is 9.98. The third-order valence-electron chi connectivity index (χ3n) is 7.21. The first-order valence-electron chi connectivity index (χ1n) is 18.4. The van der Waals surface area contributed by atoms with E-state index in [0.717, 1.165) is 0 Å². The van der Waals surface area contributed by atoms with Crippen molar-refractivity contribution in [1.82, 2.24) is 16.0 Å². The van der Waals surface area contributed by atoms with Crippen molar-refractivity contribution in [1.29, 1.82) is 0 Å². The summed E-state index contributed by atoms with van der Waals surface area (Å²) in [5.74, 6) is -2.07. The molecule has 2 rings (SSSR count). The molecule has 0 aliphatic heterocycles. The van der Waals surface area contributed by atoms with Gasteiger partial charge < -0.3 is 81.5 Å². The molecule has 0 aromatic heterocycles. The second-order valence-corrected chi connectivity index (χ2v) is 12.1. The number of rotatable bonds is 35. The standard InChI is InChI=1S/C37H55N7O15/c38-31(45)20-54-16-13-51-10-7-42-34(48)23-57-27-3-1-26(2-4-27)37(41)29-6-5-28(58-24-35(49)43-8-11-52-14-17-55-21-32(39)46)19-30(29)59-25-36(50)44-9-12-53-15-18-56-22-33(40)47/h1-6,19,37H,7-18,20-25,41H2,(H2,38,45)(H2,39,46)(H2,40,47)(H,42,48)(H,43,49)(H,44,50). The van der Waals surface area contributed by atoms with Crippen LogP contribution in [-0.2, 0) is 57.2 Å². The minimum Gasteiger partial charge on any atom is -0.484 e. The summed E-state index contributed by atoms with van der Waals surface area (Å²) in [4.78, 5) is 69.2. The Hall–Kier alpha value is -5.62. The third-order valence-corrected chi connectivity index (χ3v) is 7.21. The van der Waals surface area contributed by atoms with Gasteiger partial charge in [0.2, 0.25) is 17.7 Å². The maximum atomic E-state index is 12.6. The highest BCUT2D eigenvalue weighted by Gasteiger charge is 2.18. The van der Waals surface area contributed by atoms with Crippen molar-refractivity contribution in [2.24, 2.45) is 22.9 Å². The van der Waals surface area contributed by atoms with E-state index in [1.807, 2.05) is 0 Å². The van der Waals surface area contributed by atoms with E-state index in [4.69, 9.17) is 65.6 Å². The van der Waals surface area contributed by atoms with Gasteiger partial charge in [-0.1, -0.05) is 12.1 Å². The first kappa shape index (κ1) is 49.5.